The van der Waals surface area contributed by atoms with Crippen molar-refractivity contribution in [2.75, 3.05) is 20.2 Å². The van der Waals surface area contributed by atoms with E-state index in [0.717, 1.165) is 28.4 Å². The second-order valence-electron chi connectivity index (χ2n) is 6.62. The lowest BCUT2D eigenvalue weighted by atomic mass is 9.87. The number of methoxy groups -OCH3 is 1. The van der Waals surface area contributed by atoms with E-state index in [4.69, 9.17) is 9.47 Å². The van der Waals surface area contributed by atoms with Crippen molar-refractivity contribution in [3.8, 4) is 5.75 Å². The highest BCUT2D eigenvalue weighted by molar-refractivity contribution is 5.78. The summed E-state index contributed by atoms with van der Waals surface area (Å²) >= 11 is 0. The van der Waals surface area contributed by atoms with Crippen molar-refractivity contribution in [3.05, 3.63) is 53.1 Å². The van der Waals surface area contributed by atoms with Crippen LogP contribution in [-0.2, 0) is 28.2 Å². The molecule has 1 aromatic heterocycles. The fourth-order valence-corrected chi connectivity index (χ4v) is 3.61. The Hall–Kier alpha value is -2.47. The average Bonchev–Trinajstić information content (AvgIpc) is 2.97. The maximum Gasteiger partial charge on any atom is 0.223 e. The van der Waals surface area contributed by atoms with Gasteiger partial charge in [0.2, 0.25) is 5.91 Å². The van der Waals surface area contributed by atoms with Crippen LogP contribution in [0.5, 0.6) is 5.75 Å². The molecule has 1 spiro atoms. The van der Waals surface area contributed by atoms with Crippen molar-refractivity contribution in [1.29, 1.82) is 0 Å². The van der Waals surface area contributed by atoms with Crippen molar-refractivity contribution in [2.45, 2.75) is 32.0 Å². The minimum absolute atomic E-state index is 0.140. The van der Waals surface area contributed by atoms with Crippen LogP contribution < -0.4 is 4.74 Å². The van der Waals surface area contributed by atoms with Gasteiger partial charge in [-0.25, -0.2) is 9.97 Å². The van der Waals surface area contributed by atoms with Crippen LogP contribution >= 0.6 is 0 Å². The number of aryl methyl sites for hydroxylation is 2. The number of carbonyl (C=O) groups excluding carboxylic acids is 1. The third-order valence-corrected chi connectivity index (χ3v) is 5.01. The molecule has 1 saturated heterocycles. The van der Waals surface area contributed by atoms with E-state index < -0.39 is 5.60 Å². The van der Waals surface area contributed by atoms with E-state index in [2.05, 4.69) is 9.97 Å². The predicted octanol–water partition coefficient (Wildman–Crippen LogP) is 1.99. The Bertz CT molecular complexity index is 815. The van der Waals surface area contributed by atoms with Crippen LogP contribution in [0.15, 0.2) is 30.5 Å². The molecule has 0 bridgehead atoms. The molecule has 0 saturated carbocycles. The van der Waals surface area contributed by atoms with Gasteiger partial charge in [-0.1, -0.05) is 18.2 Å². The Morgan fingerprint density at radius 1 is 1.36 bits per heavy atom. The Morgan fingerprint density at radius 2 is 2.16 bits per heavy atom. The van der Waals surface area contributed by atoms with Crippen LogP contribution in [0.3, 0.4) is 0 Å². The minimum Gasteiger partial charge on any atom is -0.496 e. The summed E-state index contributed by atoms with van der Waals surface area (Å²) in [5.41, 5.74) is 2.64. The van der Waals surface area contributed by atoms with E-state index in [1.165, 1.54) is 0 Å². The quantitative estimate of drug-likeness (QED) is 0.852. The third-order valence-electron chi connectivity index (χ3n) is 5.01. The second kappa shape index (κ2) is 6.11. The van der Waals surface area contributed by atoms with E-state index in [1.807, 2.05) is 42.3 Å². The predicted molar refractivity (Wildman–Crippen MR) is 91.1 cm³/mol. The number of carbonyl (C=O) groups is 1. The molecule has 3 heterocycles. The standard InChI is InChI=1S/C19H21N3O3/c1-13-20-9-15-16(21-13)10-25-19(15)11-22(12-19)18(23)8-7-14-5-3-4-6-17(14)24-2/h3-6,9H,7-8,10-12H2,1-2H3. The molecule has 0 atom stereocenters. The number of likely N-dealkylation sites (tertiary alicyclic amines) is 1. The largest absolute Gasteiger partial charge is 0.496 e. The van der Waals surface area contributed by atoms with Crippen LogP contribution in [0.4, 0.5) is 0 Å². The minimum atomic E-state index is -0.400. The van der Waals surface area contributed by atoms with Crippen molar-refractivity contribution < 1.29 is 14.3 Å². The van der Waals surface area contributed by atoms with Gasteiger partial charge in [-0.2, -0.15) is 0 Å². The number of amides is 1. The fraction of sp³-hybridized carbons (Fsp3) is 0.421. The zero-order chi connectivity index (χ0) is 17.4. The SMILES string of the molecule is COc1ccccc1CCC(=O)N1CC2(C1)OCc1nc(C)ncc12. The number of rotatable bonds is 4. The summed E-state index contributed by atoms with van der Waals surface area (Å²) in [6, 6.07) is 7.82. The summed E-state index contributed by atoms with van der Waals surface area (Å²) in [6.07, 6.45) is 2.99. The molecule has 4 rings (SSSR count). The Kier molecular flexibility index (Phi) is 3.92. The van der Waals surface area contributed by atoms with Gasteiger partial charge in [0, 0.05) is 18.2 Å². The highest BCUT2D eigenvalue weighted by atomic mass is 16.5. The topological polar surface area (TPSA) is 64.5 Å². The molecule has 2 aliphatic rings. The number of para-hydroxylation sites is 1. The molecule has 6 nitrogen and oxygen atoms in total. The molecular formula is C19H21N3O3. The number of aromatic nitrogens is 2. The van der Waals surface area contributed by atoms with Gasteiger partial charge in [0.05, 0.1) is 32.5 Å². The number of hydrogen-bond donors (Lipinski definition) is 0. The molecule has 130 valence electrons. The van der Waals surface area contributed by atoms with E-state index in [0.29, 0.717) is 32.5 Å². The lowest BCUT2D eigenvalue weighted by Gasteiger charge is -2.47. The number of ether oxygens (including phenoxy) is 2. The van der Waals surface area contributed by atoms with Crippen molar-refractivity contribution in [1.82, 2.24) is 14.9 Å². The van der Waals surface area contributed by atoms with Crippen LogP contribution in [0.1, 0.15) is 29.1 Å². The Labute approximate surface area is 146 Å². The van der Waals surface area contributed by atoms with Gasteiger partial charge in [0.15, 0.2) is 0 Å². The highest BCUT2D eigenvalue weighted by Gasteiger charge is 2.52. The molecule has 0 N–H and O–H groups in total. The molecule has 0 aliphatic carbocycles. The molecule has 6 heteroatoms. The smallest absolute Gasteiger partial charge is 0.223 e. The number of fused-ring (bicyclic) bond motifs is 2. The van der Waals surface area contributed by atoms with Gasteiger partial charge in [-0.15, -0.1) is 0 Å². The number of hydrogen-bond acceptors (Lipinski definition) is 5. The molecule has 1 amide bonds. The normalized spacial score (nSPS) is 17.3. The van der Waals surface area contributed by atoms with Gasteiger partial charge in [0.1, 0.15) is 17.2 Å². The summed E-state index contributed by atoms with van der Waals surface area (Å²) < 4.78 is 11.3. The van der Waals surface area contributed by atoms with Crippen LogP contribution in [-0.4, -0.2) is 41.0 Å². The van der Waals surface area contributed by atoms with Gasteiger partial charge < -0.3 is 14.4 Å². The van der Waals surface area contributed by atoms with Crippen molar-refractivity contribution >= 4 is 5.91 Å². The summed E-state index contributed by atoms with van der Waals surface area (Å²) in [5, 5.41) is 0. The maximum atomic E-state index is 12.5. The van der Waals surface area contributed by atoms with E-state index in [-0.39, 0.29) is 5.91 Å². The molecule has 1 fully saturated rings. The summed E-state index contributed by atoms with van der Waals surface area (Å²) in [5.74, 6) is 1.72. The van der Waals surface area contributed by atoms with Crippen molar-refractivity contribution in [3.63, 3.8) is 0 Å². The fourth-order valence-electron chi connectivity index (χ4n) is 3.61. The summed E-state index contributed by atoms with van der Waals surface area (Å²) in [4.78, 5) is 23.1. The molecule has 0 unspecified atom stereocenters. The zero-order valence-electron chi connectivity index (χ0n) is 14.5. The van der Waals surface area contributed by atoms with Gasteiger partial charge in [-0.3, -0.25) is 4.79 Å². The first-order valence-electron chi connectivity index (χ1n) is 8.48. The lowest BCUT2D eigenvalue weighted by Crippen LogP contribution is -2.61. The van der Waals surface area contributed by atoms with E-state index in [1.54, 1.807) is 7.11 Å². The monoisotopic (exact) mass is 339 g/mol. The highest BCUT2D eigenvalue weighted by Crippen LogP contribution is 2.42. The van der Waals surface area contributed by atoms with Crippen LogP contribution in [0.2, 0.25) is 0 Å². The summed E-state index contributed by atoms with van der Waals surface area (Å²) in [7, 11) is 1.65. The Balaban J connectivity index is 1.38. The van der Waals surface area contributed by atoms with Gasteiger partial charge in [0.25, 0.3) is 0 Å². The molecular weight excluding hydrogens is 318 g/mol. The zero-order valence-corrected chi connectivity index (χ0v) is 14.5. The second-order valence-corrected chi connectivity index (χ2v) is 6.62. The first-order valence-corrected chi connectivity index (χ1v) is 8.48. The van der Waals surface area contributed by atoms with Crippen LogP contribution in [0.25, 0.3) is 0 Å². The first kappa shape index (κ1) is 16.0. The van der Waals surface area contributed by atoms with Crippen LogP contribution in [0, 0.1) is 6.92 Å². The average molecular weight is 339 g/mol. The van der Waals surface area contributed by atoms with E-state index >= 15 is 0 Å². The summed E-state index contributed by atoms with van der Waals surface area (Å²) in [6.45, 7) is 3.54. The molecule has 0 radical (unpaired) electrons. The van der Waals surface area contributed by atoms with Crippen molar-refractivity contribution in [2.24, 2.45) is 0 Å². The number of nitrogens with zero attached hydrogens (tertiary/aromatic N) is 3. The lowest BCUT2D eigenvalue weighted by molar-refractivity contribution is -0.168. The molecule has 25 heavy (non-hydrogen) atoms. The van der Waals surface area contributed by atoms with E-state index in [9.17, 15) is 4.79 Å². The number of benzene rings is 1. The molecule has 1 aromatic carbocycles. The third kappa shape index (κ3) is 2.76. The first-order chi connectivity index (χ1) is 12.1. The van der Waals surface area contributed by atoms with Gasteiger partial charge >= 0.3 is 0 Å². The van der Waals surface area contributed by atoms with Gasteiger partial charge in [-0.05, 0) is 25.0 Å². The Morgan fingerprint density at radius 3 is 2.96 bits per heavy atom. The molecule has 2 aromatic rings. The molecule has 2 aliphatic heterocycles. The maximum absolute atomic E-state index is 12.5.